The van der Waals surface area contributed by atoms with Gasteiger partial charge in [0, 0.05) is 6.04 Å². The van der Waals surface area contributed by atoms with Crippen LogP contribution in [0.1, 0.15) is 42.1 Å². The molecule has 21 heavy (non-hydrogen) atoms. The molecule has 0 aliphatic heterocycles. The van der Waals surface area contributed by atoms with E-state index in [1.54, 1.807) is 0 Å². The number of hydrogen-bond acceptors (Lipinski definition) is 2. The lowest BCUT2D eigenvalue weighted by atomic mass is 10.0. The normalized spacial score (nSPS) is 12.0. The van der Waals surface area contributed by atoms with E-state index in [1.807, 2.05) is 6.92 Å². The third-order valence-corrected chi connectivity index (χ3v) is 3.55. The van der Waals surface area contributed by atoms with Gasteiger partial charge in [0.15, 0.2) is 0 Å². The highest BCUT2D eigenvalue weighted by molar-refractivity contribution is 5.59. The molecule has 0 radical (unpaired) electrons. The second-order valence-corrected chi connectivity index (χ2v) is 5.72. The summed E-state index contributed by atoms with van der Waals surface area (Å²) < 4.78 is 5.74. The number of ether oxygens (including phenoxy) is 1. The molecular weight excluding hydrogens is 258 g/mol. The highest BCUT2D eigenvalue weighted by Crippen LogP contribution is 2.30. The molecule has 0 bridgehead atoms. The summed E-state index contributed by atoms with van der Waals surface area (Å²) in [6, 6.07) is 13.2. The lowest BCUT2D eigenvalue weighted by Crippen LogP contribution is -2.09. The Balaban J connectivity index is 2.24. The van der Waals surface area contributed by atoms with Crippen molar-refractivity contribution in [3.63, 3.8) is 0 Å². The highest BCUT2D eigenvalue weighted by atomic mass is 16.5. The number of rotatable bonds is 5. The second kappa shape index (κ2) is 6.66. The first-order valence-corrected chi connectivity index (χ1v) is 7.57. The molecule has 0 spiro atoms. The van der Waals surface area contributed by atoms with Gasteiger partial charge in [-0.05, 0) is 57.9 Å². The van der Waals surface area contributed by atoms with Crippen LogP contribution in [0.4, 0.5) is 5.69 Å². The van der Waals surface area contributed by atoms with Crippen molar-refractivity contribution >= 4 is 5.69 Å². The van der Waals surface area contributed by atoms with E-state index >= 15 is 0 Å². The average molecular weight is 283 g/mol. The Hall–Kier alpha value is -1.96. The molecule has 1 N–H and O–H groups in total. The van der Waals surface area contributed by atoms with Gasteiger partial charge in [-0.3, -0.25) is 0 Å². The molecule has 0 fully saturated rings. The summed E-state index contributed by atoms with van der Waals surface area (Å²) in [5.74, 6) is 0.925. The van der Waals surface area contributed by atoms with E-state index in [1.165, 1.54) is 22.3 Å². The molecule has 2 rings (SSSR count). The SMILES string of the molecule is CCOc1cc(C)ccc1NC(C)c1cc(C)cc(C)c1. The van der Waals surface area contributed by atoms with Gasteiger partial charge in [-0.2, -0.15) is 0 Å². The standard InChI is InChI=1S/C19H25NO/c1-6-21-19-12-13(2)7-8-18(19)20-16(5)17-10-14(3)9-15(4)11-17/h7-12,16,20H,6H2,1-5H3. The zero-order valence-corrected chi connectivity index (χ0v) is 13.7. The molecule has 0 heterocycles. The Morgan fingerprint density at radius 2 is 1.62 bits per heavy atom. The summed E-state index contributed by atoms with van der Waals surface area (Å²) in [6.07, 6.45) is 0. The average Bonchev–Trinajstić information content (AvgIpc) is 2.41. The van der Waals surface area contributed by atoms with Gasteiger partial charge in [0.05, 0.1) is 12.3 Å². The topological polar surface area (TPSA) is 21.3 Å². The monoisotopic (exact) mass is 283 g/mol. The van der Waals surface area contributed by atoms with Crippen LogP contribution in [0, 0.1) is 20.8 Å². The summed E-state index contributed by atoms with van der Waals surface area (Å²) in [5.41, 5.74) is 6.16. The lowest BCUT2D eigenvalue weighted by molar-refractivity contribution is 0.341. The predicted octanol–water partition coefficient (Wildman–Crippen LogP) is 5.18. The van der Waals surface area contributed by atoms with Crippen molar-refractivity contribution in [3.8, 4) is 5.75 Å². The molecule has 0 aliphatic rings. The Morgan fingerprint density at radius 3 is 2.24 bits per heavy atom. The minimum Gasteiger partial charge on any atom is -0.492 e. The third kappa shape index (κ3) is 4.01. The van der Waals surface area contributed by atoms with Crippen LogP contribution in [0.25, 0.3) is 0 Å². The minimum atomic E-state index is 0.241. The summed E-state index contributed by atoms with van der Waals surface area (Å²) in [4.78, 5) is 0. The molecule has 2 aromatic carbocycles. The number of anilines is 1. The summed E-state index contributed by atoms with van der Waals surface area (Å²) in [5, 5.41) is 3.57. The molecule has 112 valence electrons. The van der Waals surface area contributed by atoms with Crippen molar-refractivity contribution in [1.29, 1.82) is 0 Å². The molecular formula is C19H25NO. The van der Waals surface area contributed by atoms with Crippen molar-refractivity contribution in [1.82, 2.24) is 0 Å². The van der Waals surface area contributed by atoms with Gasteiger partial charge >= 0.3 is 0 Å². The van der Waals surface area contributed by atoms with Crippen LogP contribution in [-0.2, 0) is 0 Å². The van der Waals surface area contributed by atoms with E-state index in [9.17, 15) is 0 Å². The third-order valence-electron chi connectivity index (χ3n) is 3.55. The van der Waals surface area contributed by atoms with E-state index in [0.717, 1.165) is 11.4 Å². The van der Waals surface area contributed by atoms with E-state index in [4.69, 9.17) is 4.74 Å². The molecule has 1 unspecified atom stereocenters. The molecule has 1 atom stereocenters. The summed E-state index contributed by atoms with van der Waals surface area (Å²) in [7, 11) is 0. The maximum absolute atomic E-state index is 5.74. The Morgan fingerprint density at radius 1 is 0.952 bits per heavy atom. The molecule has 2 heteroatoms. The van der Waals surface area contributed by atoms with E-state index in [0.29, 0.717) is 6.61 Å². The van der Waals surface area contributed by atoms with Gasteiger partial charge in [0.1, 0.15) is 5.75 Å². The maximum atomic E-state index is 5.74. The molecule has 0 saturated carbocycles. The van der Waals surface area contributed by atoms with Crippen molar-refractivity contribution in [2.24, 2.45) is 0 Å². The number of nitrogens with one attached hydrogen (secondary N) is 1. The molecule has 0 amide bonds. The predicted molar refractivity (Wildman–Crippen MR) is 90.3 cm³/mol. The number of hydrogen-bond donors (Lipinski definition) is 1. The molecule has 2 aromatic rings. The lowest BCUT2D eigenvalue weighted by Gasteiger charge is -2.20. The van der Waals surface area contributed by atoms with Crippen LogP contribution < -0.4 is 10.1 Å². The van der Waals surface area contributed by atoms with Gasteiger partial charge in [-0.25, -0.2) is 0 Å². The quantitative estimate of drug-likeness (QED) is 0.816. The fraction of sp³-hybridized carbons (Fsp3) is 0.368. The maximum Gasteiger partial charge on any atom is 0.142 e. The Kier molecular flexibility index (Phi) is 4.89. The summed E-state index contributed by atoms with van der Waals surface area (Å²) in [6.45, 7) is 11.2. The summed E-state index contributed by atoms with van der Waals surface area (Å²) >= 11 is 0. The minimum absolute atomic E-state index is 0.241. The smallest absolute Gasteiger partial charge is 0.142 e. The van der Waals surface area contributed by atoms with Crippen molar-refractivity contribution in [2.45, 2.75) is 40.7 Å². The molecule has 0 aliphatic carbocycles. The first kappa shape index (κ1) is 15.4. The molecule has 2 nitrogen and oxygen atoms in total. The van der Waals surface area contributed by atoms with Gasteiger partial charge in [0.25, 0.3) is 0 Å². The van der Waals surface area contributed by atoms with Crippen LogP contribution in [0.15, 0.2) is 36.4 Å². The largest absolute Gasteiger partial charge is 0.492 e. The molecule has 0 aromatic heterocycles. The zero-order chi connectivity index (χ0) is 15.4. The van der Waals surface area contributed by atoms with Crippen LogP contribution in [0.3, 0.4) is 0 Å². The fourth-order valence-corrected chi connectivity index (χ4v) is 2.60. The zero-order valence-electron chi connectivity index (χ0n) is 13.7. The first-order chi connectivity index (χ1) is 9.99. The van der Waals surface area contributed by atoms with Crippen LogP contribution in [0.5, 0.6) is 5.75 Å². The van der Waals surface area contributed by atoms with E-state index in [-0.39, 0.29) is 6.04 Å². The second-order valence-electron chi connectivity index (χ2n) is 5.72. The Bertz CT molecular complexity index is 599. The highest BCUT2D eigenvalue weighted by Gasteiger charge is 2.10. The van der Waals surface area contributed by atoms with Crippen LogP contribution in [-0.4, -0.2) is 6.61 Å². The van der Waals surface area contributed by atoms with Crippen molar-refractivity contribution in [3.05, 3.63) is 58.7 Å². The van der Waals surface area contributed by atoms with Gasteiger partial charge in [-0.15, -0.1) is 0 Å². The van der Waals surface area contributed by atoms with E-state index in [2.05, 4.69) is 69.4 Å². The van der Waals surface area contributed by atoms with Crippen molar-refractivity contribution in [2.75, 3.05) is 11.9 Å². The van der Waals surface area contributed by atoms with Crippen LogP contribution in [0.2, 0.25) is 0 Å². The Labute approximate surface area is 128 Å². The van der Waals surface area contributed by atoms with Gasteiger partial charge in [-0.1, -0.05) is 35.4 Å². The number of aryl methyl sites for hydroxylation is 3. The van der Waals surface area contributed by atoms with Gasteiger partial charge in [0.2, 0.25) is 0 Å². The van der Waals surface area contributed by atoms with E-state index < -0.39 is 0 Å². The molecule has 0 saturated heterocycles. The fourth-order valence-electron chi connectivity index (χ4n) is 2.60. The van der Waals surface area contributed by atoms with Crippen LogP contribution >= 0.6 is 0 Å². The first-order valence-electron chi connectivity index (χ1n) is 7.57. The number of benzene rings is 2. The van der Waals surface area contributed by atoms with Gasteiger partial charge < -0.3 is 10.1 Å². The van der Waals surface area contributed by atoms with Crippen molar-refractivity contribution < 1.29 is 4.74 Å².